The van der Waals surface area contributed by atoms with Gasteiger partial charge in [0.1, 0.15) is 0 Å². The number of rotatable bonds is 7. The minimum atomic E-state index is -3.58. The molecule has 1 aliphatic rings. The van der Waals surface area contributed by atoms with Crippen LogP contribution in [-0.4, -0.2) is 51.5 Å². The Balaban J connectivity index is 2.21. The Morgan fingerprint density at radius 2 is 2.17 bits per heavy atom. The predicted octanol–water partition coefficient (Wildman–Crippen LogP) is 2.02. The zero-order chi connectivity index (χ0) is 17.6. The molecule has 134 valence electrons. The zero-order valence-corrected chi connectivity index (χ0v) is 15.1. The molecular weight excluding hydrogens is 328 g/mol. The van der Waals surface area contributed by atoms with E-state index < -0.39 is 10.0 Å². The highest BCUT2D eigenvalue weighted by Crippen LogP contribution is 2.27. The third-order valence-corrected chi connectivity index (χ3v) is 6.29. The third kappa shape index (κ3) is 4.34. The van der Waals surface area contributed by atoms with Crippen LogP contribution >= 0.6 is 0 Å². The molecule has 0 bridgehead atoms. The number of amides is 1. The Labute approximate surface area is 144 Å². The molecule has 1 saturated heterocycles. The van der Waals surface area contributed by atoms with E-state index in [0.29, 0.717) is 25.3 Å². The first kappa shape index (κ1) is 18.9. The van der Waals surface area contributed by atoms with Crippen LogP contribution in [0.5, 0.6) is 0 Å². The maximum atomic E-state index is 13.0. The van der Waals surface area contributed by atoms with Crippen molar-refractivity contribution in [3.8, 4) is 0 Å². The van der Waals surface area contributed by atoms with Gasteiger partial charge < -0.3 is 10.1 Å². The lowest BCUT2D eigenvalue weighted by atomic mass is 10.0. The Bertz CT molecular complexity index is 660. The molecule has 1 aromatic rings. The zero-order valence-electron chi connectivity index (χ0n) is 14.3. The first-order chi connectivity index (χ1) is 11.5. The maximum Gasteiger partial charge on any atom is 0.251 e. The minimum Gasteiger partial charge on any atom is -0.383 e. The van der Waals surface area contributed by atoms with E-state index in [1.54, 1.807) is 29.6 Å². The number of piperidine rings is 1. The Kier molecular flexibility index (Phi) is 6.77. The van der Waals surface area contributed by atoms with Gasteiger partial charge in [-0.1, -0.05) is 19.4 Å². The topological polar surface area (TPSA) is 75.7 Å². The number of methoxy groups -OCH3 is 1. The molecule has 1 aliphatic heterocycles. The number of nitrogens with zero attached hydrogens (tertiary/aromatic N) is 1. The van der Waals surface area contributed by atoms with E-state index in [4.69, 9.17) is 4.74 Å². The molecule has 0 aromatic heterocycles. The van der Waals surface area contributed by atoms with E-state index in [1.165, 1.54) is 6.07 Å². The monoisotopic (exact) mass is 354 g/mol. The van der Waals surface area contributed by atoms with Crippen molar-refractivity contribution < 1.29 is 17.9 Å². The summed E-state index contributed by atoms with van der Waals surface area (Å²) in [7, 11) is -2.02. The predicted molar refractivity (Wildman–Crippen MR) is 92.5 cm³/mol. The molecular formula is C17H26N2O4S. The van der Waals surface area contributed by atoms with Gasteiger partial charge in [-0.05, 0) is 37.5 Å². The van der Waals surface area contributed by atoms with Crippen LogP contribution in [0.25, 0.3) is 0 Å². The summed E-state index contributed by atoms with van der Waals surface area (Å²) in [5.74, 6) is -0.296. The van der Waals surface area contributed by atoms with Crippen LogP contribution in [0.15, 0.2) is 29.2 Å². The second kappa shape index (κ2) is 8.60. The van der Waals surface area contributed by atoms with Crippen molar-refractivity contribution >= 4 is 15.9 Å². The normalized spacial score (nSPS) is 19.2. The summed E-state index contributed by atoms with van der Waals surface area (Å²) >= 11 is 0. The van der Waals surface area contributed by atoms with Crippen LogP contribution in [0.3, 0.4) is 0 Å². The Morgan fingerprint density at radius 1 is 1.38 bits per heavy atom. The number of hydrogen-bond donors (Lipinski definition) is 1. The van der Waals surface area contributed by atoms with E-state index in [2.05, 4.69) is 5.32 Å². The molecule has 1 atom stereocenters. The molecule has 2 rings (SSSR count). The third-order valence-electron chi connectivity index (χ3n) is 4.34. The second-order valence-electron chi connectivity index (χ2n) is 5.95. The van der Waals surface area contributed by atoms with Crippen LogP contribution in [-0.2, 0) is 14.8 Å². The number of ether oxygens (including phenoxy) is 1. The number of carbonyl (C=O) groups excluding carboxylic acids is 1. The van der Waals surface area contributed by atoms with Gasteiger partial charge in [0.25, 0.3) is 5.91 Å². The lowest BCUT2D eigenvalue weighted by Crippen LogP contribution is -2.43. The minimum absolute atomic E-state index is 0.0444. The van der Waals surface area contributed by atoms with Gasteiger partial charge in [0.2, 0.25) is 10.0 Å². The first-order valence-electron chi connectivity index (χ1n) is 8.39. The summed E-state index contributed by atoms with van der Waals surface area (Å²) in [5.41, 5.74) is 0.345. The summed E-state index contributed by atoms with van der Waals surface area (Å²) in [6.45, 7) is 3.36. The summed E-state index contributed by atoms with van der Waals surface area (Å²) in [5, 5.41) is 2.71. The van der Waals surface area contributed by atoms with Crippen molar-refractivity contribution in [3.63, 3.8) is 0 Å². The fraction of sp³-hybridized carbons (Fsp3) is 0.588. The summed E-state index contributed by atoms with van der Waals surface area (Å²) in [4.78, 5) is 12.3. The molecule has 1 heterocycles. The summed E-state index contributed by atoms with van der Waals surface area (Å²) in [6.07, 6.45) is 3.64. The van der Waals surface area contributed by atoms with Crippen molar-refractivity contribution in [1.29, 1.82) is 0 Å². The van der Waals surface area contributed by atoms with Gasteiger partial charge in [0.05, 0.1) is 11.5 Å². The van der Waals surface area contributed by atoms with Crippen LogP contribution in [0.1, 0.15) is 43.0 Å². The van der Waals surface area contributed by atoms with Crippen LogP contribution in [0, 0.1) is 0 Å². The molecule has 1 N–H and O–H groups in total. The number of carbonyl (C=O) groups is 1. The molecule has 1 amide bonds. The van der Waals surface area contributed by atoms with Crippen molar-refractivity contribution in [2.75, 3.05) is 26.8 Å². The van der Waals surface area contributed by atoms with Crippen molar-refractivity contribution in [2.24, 2.45) is 0 Å². The Hall–Kier alpha value is -1.44. The fourth-order valence-corrected chi connectivity index (χ4v) is 4.81. The number of benzene rings is 1. The van der Waals surface area contributed by atoms with Gasteiger partial charge in [0, 0.05) is 31.8 Å². The second-order valence-corrected chi connectivity index (χ2v) is 7.84. The van der Waals surface area contributed by atoms with Gasteiger partial charge in [-0.25, -0.2) is 8.42 Å². The van der Waals surface area contributed by atoms with Crippen LogP contribution < -0.4 is 5.32 Å². The highest BCUT2D eigenvalue weighted by molar-refractivity contribution is 7.89. The lowest BCUT2D eigenvalue weighted by Gasteiger charge is -2.34. The standard InChI is InChI=1S/C17H26N2O4S/c1-3-15-8-4-5-11-19(15)24(21,22)16-9-6-7-14(13-16)17(20)18-10-12-23-2/h6-7,9,13,15H,3-5,8,10-12H2,1-2H3,(H,18,20). The van der Waals surface area contributed by atoms with E-state index in [-0.39, 0.29) is 16.8 Å². The molecule has 1 fully saturated rings. The number of hydrogen-bond acceptors (Lipinski definition) is 4. The molecule has 1 aromatic carbocycles. The highest BCUT2D eigenvalue weighted by Gasteiger charge is 2.32. The lowest BCUT2D eigenvalue weighted by molar-refractivity contribution is 0.0937. The summed E-state index contributed by atoms with van der Waals surface area (Å²) in [6, 6.07) is 6.29. The van der Waals surface area contributed by atoms with Crippen LogP contribution in [0.2, 0.25) is 0 Å². The molecule has 24 heavy (non-hydrogen) atoms. The quantitative estimate of drug-likeness (QED) is 0.760. The average Bonchev–Trinajstić information content (AvgIpc) is 2.62. The highest BCUT2D eigenvalue weighted by atomic mass is 32.2. The maximum absolute atomic E-state index is 13.0. The average molecular weight is 354 g/mol. The van der Waals surface area contributed by atoms with Crippen molar-refractivity contribution in [3.05, 3.63) is 29.8 Å². The van der Waals surface area contributed by atoms with E-state index in [1.807, 2.05) is 6.92 Å². The number of sulfonamides is 1. The van der Waals surface area contributed by atoms with Gasteiger partial charge in [-0.3, -0.25) is 4.79 Å². The van der Waals surface area contributed by atoms with E-state index in [9.17, 15) is 13.2 Å². The number of nitrogens with one attached hydrogen (secondary N) is 1. The first-order valence-corrected chi connectivity index (χ1v) is 9.83. The largest absolute Gasteiger partial charge is 0.383 e. The van der Waals surface area contributed by atoms with Crippen molar-refractivity contribution in [2.45, 2.75) is 43.5 Å². The summed E-state index contributed by atoms with van der Waals surface area (Å²) < 4.78 is 32.4. The van der Waals surface area contributed by atoms with Gasteiger partial charge in [-0.15, -0.1) is 0 Å². The Morgan fingerprint density at radius 3 is 2.88 bits per heavy atom. The molecule has 1 unspecified atom stereocenters. The molecule has 0 spiro atoms. The smallest absolute Gasteiger partial charge is 0.251 e. The molecule has 6 nitrogen and oxygen atoms in total. The van der Waals surface area contributed by atoms with Gasteiger partial charge >= 0.3 is 0 Å². The van der Waals surface area contributed by atoms with Gasteiger partial charge in [0.15, 0.2) is 0 Å². The molecule has 0 radical (unpaired) electrons. The molecule has 0 saturated carbocycles. The van der Waals surface area contributed by atoms with E-state index >= 15 is 0 Å². The fourth-order valence-electron chi connectivity index (χ4n) is 3.00. The van der Waals surface area contributed by atoms with Crippen LogP contribution in [0.4, 0.5) is 0 Å². The van der Waals surface area contributed by atoms with Crippen molar-refractivity contribution in [1.82, 2.24) is 9.62 Å². The SMILES string of the molecule is CCC1CCCCN1S(=O)(=O)c1cccc(C(=O)NCCOC)c1. The molecule has 7 heteroatoms. The molecule has 0 aliphatic carbocycles. The van der Waals surface area contributed by atoms with E-state index in [0.717, 1.165) is 25.7 Å². The van der Waals surface area contributed by atoms with Gasteiger partial charge in [-0.2, -0.15) is 4.31 Å².